The Hall–Kier alpha value is 1.96. The van der Waals surface area contributed by atoms with Crippen molar-refractivity contribution in [1.29, 1.82) is 0 Å². The Labute approximate surface area is 171 Å². The lowest BCUT2D eigenvalue weighted by Crippen LogP contribution is -1.66. The molecule has 0 aliphatic heterocycles. The van der Waals surface area contributed by atoms with Crippen molar-refractivity contribution in [2.24, 2.45) is 0 Å². The maximum atomic E-state index is 8.88. The van der Waals surface area contributed by atoms with E-state index in [1.165, 1.54) is 0 Å². The molecule has 8 radical (unpaired) electrons. The van der Waals surface area contributed by atoms with Gasteiger partial charge in [0.15, 0.2) is 0 Å². The average molecular weight is 510 g/mol. The van der Waals surface area contributed by atoms with Crippen molar-refractivity contribution in [3.63, 3.8) is 0 Å². The summed E-state index contributed by atoms with van der Waals surface area (Å²) < 4.78 is 35.5. The minimum Gasteiger partial charge on any atom is -0.412 e. The van der Waals surface area contributed by atoms with Gasteiger partial charge in [-0.05, 0) is 0 Å². The van der Waals surface area contributed by atoms with E-state index in [-0.39, 0.29) is 63.0 Å². The summed E-state index contributed by atoms with van der Waals surface area (Å²) in [6.45, 7) is 0. The van der Waals surface area contributed by atoms with Gasteiger partial charge >= 0.3 is 31.3 Å². The Bertz CT molecular complexity index is 293. The summed E-state index contributed by atoms with van der Waals surface area (Å²) >= 11 is 0. The second-order valence-corrected chi connectivity index (χ2v) is 6.16. The molecule has 0 rings (SSSR count). The van der Waals surface area contributed by atoms with Crippen molar-refractivity contribution in [2.75, 3.05) is 0 Å². The smallest absolute Gasteiger partial charge is 0.412 e. The van der Waals surface area contributed by atoms with Crippen LogP contribution < -0.4 is 0 Å². The van der Waals surface area contributed by atoms with Gasteiger partial charge in [0.2, 0.25) is 0 Å². The van der Waals surface area contributed by atoms with Crippen molar-refractivity contribution >= 4 is 83.4 Å². The maximum absolute atomic E-state index is 8.88. The lowest BCUT2D eigenvalue weighted by molar-refractivity contribution is 0.272. The van der Waals surface area contributed by atoms with Gasteiger partial charge in [-0.3, -0.25) is 0 Å². The van der Waals surface area contributed by atoms with Crippen LogP contribution in [0.2, 0.25) is 0 Å². The minimum atomic E-state index is -4.64. The normalized spacial score (nSPS) is 9.44. The molecule has 18 nitrogen and oxygen atoms in total. The predicted octanol–water partition coefficient (Wildman–Crippen LogP) is -6.77. The summed E-state index contributed by atoms with van der Waals surface area (Å²) in [5.74, 6) is 0. The zero-order valence-electron chi connectivity index (χ0n) is 11.7. The molecule has 0 aliphatic rings. The first-order valence-corrected chi connectivity index (χ1v) is 9.39. The van der Waals surface area contributed by atoms with Crippen LogP contribution in [0.25, 0.3) is 0 Å². The van der Waals surface area contributed by atoms with Gasteiger partial charge in [-0.1, -0.05) is 0 Å². The zero-order valence-corrected chi connectivity index (χ0v) is 19.0. The van der Waals surface area contributed by atoms with E-state index in [0.29, 0.717) is 0 Å². The van der Waals surface area contributed by atoms with Crippen LogP contribution in [0.3, 0.4) is 0 Å². The van der Waals surface area contributed by atoms with Crippen molar-refractivity contribution in [2.45, 2.75) is 0 Å². The van der Waals surface area contributed by atoms with Crippen molar-refractivity contribution < 1.29 is 87.9 Å². The molecule has 0 unspecified atom stereocenters. The molecule has 0 heterocycles. The number of hydrogen-bond donors (Lipinski definition) is 12. The van der Waals surface area contributed by atoms with E-state index in [0.717, 1.165) is 0 Å². The highest BCUT2D eigenvalue weighted by Gasteiger charge is 2.01. The molecule has 0 aromatic heterocycles. The third kappa shape index (κ3) is 3890. The van der Waals surface area contributed by atoms with Crippen molar-refractivity contribution in [1.82, 2.24) is 0 Å². The van der Waals surface area contributed by atoms with Crippen LogP contribution in [0.4, 0.5) is 0 Å². The Morgan fingerprint density at radius 3 is 0.360 bits per heavy atom. The molecule has 0 bridgehead atoms. The molecule has 0 aliphatic carbocycles. The highest BCUT2D eigenvalue weighted by molar-refractivity contribution is 7.45. The summed E-state index contributed by atoms with van der Waals surface area (Å²) in [6, 6.07) is 0. The van der Waals surface area contributed by atoms with Crippen LogP contribution in [0.5, 0.6) is 0 Å². The summed E-state index contributed by atoms with van der Waals surface area (Å²) in [5, 5.41) is 0. The first-order chi connectivity index (χ1) is 8.00. The lowest BCUT2D eigenvalue weighted by atomic mass is 15.8. The third-order valence-corrected chi connectivity index (χ3v) is 0. The second kappa shape index (κ2) is 24.0. The van der Waals surface area contributed by atoms with Gasteiger partial charge in [0, 0.05) is 34.7 Å². The predicted molar refractivity (Wildman–Crippen MR) is 82.9 cm³/mol. The van der Waals surface area contributed by atoms with Crippen LogP contribution in [0.15, 0.2) is 0 Å². The molecule has 25 heavy (non-hydrogen) atoms. The van der Waals surface area contributed by atoms with Gasteiger partial charge in [-0.15, -0.1) is 0 Å². The maximum Gasteiger partial charge on any atom is 0.466 e. The fourth-order valence-electron chi connectivity index (χ4n) is 0. The topological polar surface area (TPSA) is 374 Å². The number of hydrogen-bond acceptors (Lipinski definition) is 4. The molecule has 0 aromatic rings. The van der Waals surface area contributed by atoms with Crippen LogP contribution in [-0.4, -0.2) is 122 Å². The molecule has 0 atom stereocenters. The Morgan fingerprint density at radius 1 is 0.360 bits per heavy atom. The highest BCUT2D eigenvalue weighted by Crippen LogP contribution is 2.27. The number of phosphoric acid groups is 4. The van der Waals surface area contributed by atoms with E-state index >= 15 is 0 Å². The molecule has 25 heteroatoms. The summed E-state index contributed by atoms with van der Waals surface area (Å²) in [5.41, 5.74) is 0. The monoisotopic (exact) mass is 510 g/mol. The van der Waals surface area contributed by atoms with Crippen LogP contribution in [0.1, 0.15) is 0 Å². The highest BCUT2D eigenvalue weighted by atomic mass is 31.2. The fourth-order valence-corrected chi connectivity index (χ4v) is 0. The zero-order chi connectivity index (χ0) is 18.0. The van der Waals surface area contributed by atoms with Crippen LogP contribution in [-0.2, 0) is 18.3 Å². The molecule has 16 N–H and O–H groups in total. The van der Waals surface area contributed by atoms with E-state index in [9.17, 15) is 0 Å². The molecular weight excluding hydrogens is 493 g/mol. The van der Waals surface area contributed by atoms with Crippen LogP contribution >= 0.6 is 31.3 Å². The lowest BCUT2D eigenvalue weighted by Gasteiger charge is -1.82. The van der Waals surface area contributed by atoms with E-state index < -0.39 is 31.3 Å². The molecule has 0 fully saturated rings. The van der Waals surface area contributed by atoms with E-state index in [1.807, 2.05) is 0 Å². The first-order valence-electron chi connectivity index (χ1n) is 3.13. The molecule has 0 amide bonds. The quantitative estimate of drug-likeness (QED) is 0.106. The van der Waals surface area contributed by atoms with E-state index in [2.05, 4.69) is 0 Å². The van der Waals surface area contributed by atoms with Crippen molar-refractivity contribution in [3.05, 3.63) is 0 Å². The van der Waals surface area contributed by atoms with Gasteiger partial charge in [0.1, 0.15) is 0 Å². The fraction of sp³-hybridized carbons (Fsp3) is 0. The summed E-state index contributed by atoms with van der Waals surface area (Å²) in [6.07, 6.45) is 0. The van der Waals surface area contributed by atoms with Gasteiger partial charge in [0.25, 0.3) is 0 Å². The molecule has 0 aromatic carbocycles. The SMILES string of the molecule is O.O.O=P(O)(O)O.O=P(O)(O)O.O=P(O)(O)O.O=P(O)(O)O.[AlH].[Al].[Al]. The number of rotatable bonds is 0. The Balaban J connectivity index is -0.0000000183. The van der Waals surface area contributed by atoms with E-state index in [4.69, 9.17) is 77.0 Å². The largest absolute Gasteiger partial charge is 0.466 e. The molecule has 0 saturated carbocycles. The van der Waals surface area contributed by atoms with E-state index in [1.54, 1.807) is 0 Å². The molecule has 0 saturated heterocycles. The Morgan fingerprint density at radius 2 is 0.360 bits per heavy atom. The second-order valence-electron chi connectivity index (χ2n) is 2.05. The summed E-state index contributed by atoms with van der Waals surface area (Å²) in [7, 11) is -18.6. The third-order valence-electron chi connectivity index (χ3n) is 0. The Kier molecular flexibility index (Phi) is 54.1. The molecule has 0 spiro atoms. The first kappa shape index (κ1) is 56.3. The molecule has 154 valence electrons. The van der Waals surface area contributed by atoms with Crippen molar-refractivity contribution in [3.8, 4) is 0 Å². The van der Waals surface area contributed by atoms with Gasteiger partial charge in [-0.25, -0.2) is 18.3 Å². The van der Waals surface area contributed by atoms with Gasteiger partial charge in [0.05, 0.1) is 17.4 Å². The summed E-state index contributed by atoms with van der Waals surface area (Å²) in [4.78, 5) is 86.2. The van der Waals surface area contributed by atoms with Crippen LogP contribution in [0, 0.1) is 0 Å². The van der Waals surface area contributed by atoms with Gasteiger partial charge in [-0.2, -0.15) is 0 Å². The van der Waals surface area contributed by atoms with Gasteiger partial charge < -0.3 is 69.7 Å². The molecular formula is H17Al3O18P4. The standard InChI is InChI=1S/3Al.4H3O4P.2H2O.H/c;;;4*1-5(2,3)4;;;/h;;;4*(H3,1,2,3,4);2*1H2;. The minimum absolute atomic E-state index is 0. The average Bonchev–Trinajstić information content (AvgIpc) is 1.62.